The molecule has 2 heterocycles. The van der Waals surface area contributed by atoms with E-state index in [0.717, 1.165) is 28.3 Å². The number of aromatic amines is 1. The number of piperidine rings is 1. The number of anilines is 1. The maximum absolute atomic E-state index is 12.9. The number of carbonyl (C=O) groups is 2. The van der Waals surface area contributed by atoms with Crippen LogP contribution in [0.2, 0.25) is 0 Å². The highest BCUT2D eigenvalue weighted by Crippen LogP contribution is 2.21. The molecular weight excluding hydrogens is 416 g/mol. The van der Waals surface area contributed by atoms with Gasteiger partial charge >= 0.3 is 0 Å². The molecule has 31 heavy (non-hydrogen) atoms. The van der Waals surface area contributed by atoms with Crippen molar-refractivity contribution in [2.24, 2.45) is 5.92 Å². The number of nitrogens with one attached hydrogen (secondary N) is 2. The lowest BCUT2D eigenvalue weighted by Gasteiger charge is -2.29. The normalized spacial score (nSPS) is 15.3. The standard InChI is InChI=1S/C22H30N4O4S/c1-15-7-9-26(10-8-15)22(28)20-12-18(13-23-20)31(29,30)25(4)14-21(27)24-19-6-5-16(2)11-17(19)3/h5-6,11-13,15,23H,7-10,14H2,1-4H3,(H,24,27). The van der Waals surface area contributed by atoms with Crippen LogP contribution in [0, 0.1) is 19.8 Å². The highest BCUT2D eigenvalue weighted by molar-refractivity contribution is 7.89. The fourth-order valence-corrected chi connectivity index (χ4v) is 4.76. The molecule has 0 unspecified atom stereocenters. The first-order valence-electron chi connectivity index (χ1n) is 10.4. The summed E-state index contributed by atoms with van der Waals surface area (Å²) in [6.45, 7) is 6.99. The number of rotatable bonds is 6. The van der Waals surface area contributed by atoms with Gasteiger partial charge in [0.05, 0.1) is 6.54 Å². The number of hydrogen-bond donors (Lipinski definition) is 2. The van der Waals surface area contributed by atoms with Crippen LogP contribution in [0.15, 0.2) is 35.4 Å². The molecular formula is C22H30N4O4S. The Morgan fingerprint density at radius 3 is 2.52 bits per heavy atom. The van der Waals surface area contributed by atoms with Crippen LogP contribution in [0.4, 0.5) is 5.69 Å². The average Bonchev–Trinajstić information content (AvgIpc) is 3.21. The summed E-state index contributed by atoms with van der Waals surface area (Å²) in [5, 5.41) is 2.75. The Hall–Kier alpha value is -2.65. The van der Waals surface area contributed by atoms with E-state index in [-0.39, 0.29) is 23.0 Å². The largest absolute Gasteiger partial charge is 0.356 e. The molecule has 168 valence electrons. The molecule has 1 saturated heterocycles. The fraction of sp³-hybridized carbons (Fsp3) is 0.455. The number of amides is 2. The SMILES string of the molecule is Cc1ccc(NC(=O)CN(C)S(=O)(=O)c2c[nH]c(C(=O)N3CCC(C)CC3)c2)c(C)c1. The highest BCUT2D eigenvalue weighted by Gasteiger charge is 2.27. The van der Waals surface area contributed by atoms with Crippen molar-refractivity contribution >= 4 is 27.5 Å². The minimum atomic E-state index is -3.92. The number of hydrogen-bond acceptors (Lipinski definition) is 4. The Morgan fingerprint density at radius 1 is 1.19 bits per heavy atom. The van der Waals surface area contributed by atoms with Gasteiger partial charge in [0.1, 0.15) is 10.6 Å². The summed E-state index contributed by atoms with van der Waals surface area (Å²) in [6, 6.07) is 6.96. The predicted octanol–water partition coefficient (Wildman–Crippen LogP) is 2.76. The van der Waals surface area contributed by atoms with E-state index in [4.69, 9.17) is 0 Å². The van der Waals surface area contributed by atoms with Crippen molar-refractivity contribution in [2.75, 3.05) is 32.0 Å². The molecule has 3 rings (SSSR count). The molecule has 1 aliphatic heterocycles. The number of nitrogens with zero attached hydrogens (tertiary/aromatic N) is 2. The zero-order valence-electron chi connectivity index (χ0n) is 18.4. The monoisotopic (exact) mass is 446 g/mol. The Morgan fingerprint density at radius 2 is 1.87 bits per heavy atom. The Kier molecular flexibility index (Phi) is 6.86. The van der Waals surface area contributed by atoms with E-state index >= 15 is 0 Å². The first-order chi connectivity index (χ1) is 14.6. The van der Waals surface area contributed by atoms with Gasteiger partial charge in [-0.05, 0) is 50.3 Å². The van der Waals surface area contributed by atoms with E-state index in [1.54, 1.807) is 11.0 Å². The fourth-order valence-electron chi connectivity index (χ4n) is 3.64. The number of sulfonamides is 1. The third kappa shape index (κ3) is 5.34. The van der Waals surface area contributed by atoms with Crippen LogP contribution >= 0.6 is 0 Å². The Labute approximate surface area is 183 Å². The highest BCUT2D eigenvalue weighted by atomic mass is 32.2. The second-order valence-corrected chi connectivity index (χ2v) is 10.4. The van der Waals surface area contributed by atoms with Crippen LogP contribution in [0.25, 0.3) is 0 Å². The van der Waals surface area contributed by atoms with Crippen LogP contribution in [0.5, 0.6) is 0 Å². The zero-order chi connectivity index (χ0) is 22.8. The lowest BCUT2D eigenvalue weighted by atomic mass is 9.99. The van der Waals surface area contributed by atoms with Crippen molar-refractivity contribution in [2.45, 2.75) is 38.5 Å². The predicted molar refractivity (Wildman–Crippen MR) is 119 cm³/mol. The van der Waals surface area contributed by atoms with Gasteiger partial charge in [-0.3, -0.25) is 9.59 Å². The van der Waals surface area contributed by atoms with Crippen molar-refractivity contribution in [3.05, 3.63) is 47.3 Å². The first-order valence-corrected chi connectivity index (χ1v) is 11.8. The smallest absolute Gasteiger partial charge is 0.270 e. The number of carbonyl (C=O) groups excluding carboxylic acids is 2. The molecule has 0 aliphatic carbocycles. The number of likely N-dealkylation sites (tertiary alicyclic amines) is 1. The van der Waals surface area contributed by atoms with Crippen LogP contribution < -0.4 is 5.32 Å². The van der Waals surface area contributed by atoms with Gasteiger partial charge in [-0.25, -0.2) is 8.42 Å². The third-order valence-electron chi connectivity index (χ3n) is 5.69. The molecule has 8 nitrogen and oxygen atoms in total. The van der Waals surface area contributed by atoms with E-state index in [1.165, 1.54) is 19.3 Å². The van der Waals surface area contributed by atoms with Crippen molar-refractivity contribution in [3.63, 3.8) is 0 Å². The number of H-pyrrole nitrogens is 1. The van der Waals surface area contributed by atoms with Gasteiger partial charge in [0.25, 0.3) is 5.91 Å². The van der Waals surface area contributed by atoms with Crippen molar-refractivity contribution in [3.8, 4) is 0 Å². The first kappa shape index (κ1) is 23.0. The summed E-state index contributed by atoms with van der Waals surface area (Å²) >= 11 is 0. The van der Waals surface area contributed by atoms with Gasteiger partial charge in [-0.2, -0.15) is 4.31 Å². The van der Waals surface area contributed by atoms with E-state index in [2.05, 4.69) is 17.2 Å². The molecule has 0 saturated carbocycles. The molecule has 1 aromatic heterocycles. The summed E-state index contributed by atoms with van der Waals surface area (Å²) < 4.78 is 26.8. The summed E-state index contributed by atoms with van der Waals surface area (Å²) in [4.78, 5) is 29.6. The summed E-state index contributed by atoms with van der Waals surface area (Å²) in [6.07, 6.45) is 3.18. The number of aromatic nitrogens is 1. The van der Waals surface area contributed by atoms with Gasteiger partial charge in [-0.15, -0.1) is 0 Å². The molecule has 1 aliphatic rings. The molecule has 1 aromatic carbocycles. The molecule has 0 radical (unpaired) electrons. The van der Waals surface area contributed by atoms with Crippen molar-refractivity contribution in [1.82, 2.24) is 14.2 Å². The molecule has 2 aromatic rings. The molecule has 0 atom stereocenters. The number of aryl methyl sites for hydroxylation is 2. The van der Waals surface area contributed by atoms with E-state index in [1.807, 2.05) is 26.0 Å². The van der Waals surface area contributed by atoms with Crippen LogP contribution in [0.3, 0.4) is 0 Å². The second kappa shape index (κ2) is 9.23. The number of benzene rings is 1. The quantitative estimate of drug-likeness (QED) is 0.712. The zero-order valence-corrected chi connectivity index (χ0v) is 19.3. The van der Waals surface area contributed by atoms with Gasteiger partial charge in [-0.1, -0.05) is 24.6 Å². The van der Waals surface area contributed by atoms with Crippen molar-refractivity contribution < 1.29 is 18.0 Å². The molecule has 9 heteroatoms. The maximum atomic E-state index is 12.9. The maximum Gasteiger partial charge on any atom is 0.270 e. The Balaban J connectivity index is 1.65. The van der Waals surface area contributed by atoms with Crippen LogP contribution in [-0.4, -0.2) is 61.1 Å². The summed E-state index contributed by atoms with van der Waals surface area (Å²) in [5.41, 5.74) is 2.86. The summed E-state index contributed by atoms with van der Waals surface area (Å²) in [7, 11) is -2.58. The third-order valence-corrected chi connectivity index (χ3v) is 7.47. The molecule has 0 bridgehead atoms. The van der Waals surface area contributed by atoms with E-state index in [9.17, 15) is 18.0 Å². The lowest BCUT2D eigenvalue weighted by Crippen LogP contribution is -2.38. The van der Waals surface area contributed by atoms with Crippen LogP contribution in [0.1, 0.15) is 41.4 Å². The molecule has 2 amide bonds. The van der Waals surface area contributed by atoms with Gasteiger partial charge in [0, 0.05) is 32.0 Å². The molecule has 2 N–H and O–H groups in total. The average molecular weight is 447 g/mol. The van der Waals surface area contributed by atoms with Gasteiger partial charge in [0.2, 0.25) is 15.9 Å². The van der Waals surface area contributed by atoms with Crippen molar-refractivity contribution in [1.29, 1.82) is 0 Å². The minimum absolute atomic E-state index is 0.0388. The van der Waals surface area contributed by atoms with Gasteiger partial charge < -0.3 is 15.2 Å². The summed E-state index contributed by atoms with van der Waals surface area (Å²) in [5.74, 6) is -0.0528. The topological polar surface area (TPSA) is 103 Å². The van der Waals surface area contributed by atoms with E-state index < -0.39 is 15.9 Å². The molecule has 0 spiro atoms. The molecule has 1 fully saturated rings. The number of likely N-dealkylation sites (N-methyl/N-ethyl adjacent to an activating group) is 1. The van der Waals surface area contributed by atoms with E-state index in [0.29, 0.717) is 24.7 Å². The second-order valence-electron chi connectivity index (χ2n) is 8.35. The van der Waals surface area contributed by atoms with Gasteiger partial charge in [0.15, 0.2) is 0 Å². The van der Waals surface area contributed by atoms with Crippen LogP contribution in [-0.2, 0) is 14.8 Å². The lowest BCUT2D eigenvalue weighted by molar-refractivity contribution is -0.116. The minimum Gasteiger partial charge on any atom is -0.356 e. The Bertz CT molecular complexity index is 1070.